The van der Waals surface area contributed by atoms with E-state index in [4.69, 9.17) is 0 Å². The molecule has 5 aliphatic rings. The second kappa shape index (κ2) is 4.34. The van der Waals surface area contributed by atoms with Gasteiger partial charge in [-0.1, -0.05) is 31.2 Å². The minimum absolute atomic E-state index is 0.0967. The minimum atomic E-state index is -1.14. The number of aliphatic hydroxyl groups excluding tert-OH is 1. The molecule has 0 heterocycles. The Morgan fingerprint density at radius 1 is 1.33 bits per heavy atom. The summed E-state index contributed by atoms with van der Waals surface area (Å²) in [6.07, 6.45) is 7.35. The van der Waals surface area contributed by atoms with Crippen LogP contribution >= 0.6 is 0 Å². The molecule has 4 fully saturated rings. The van der Waals surface area contributed by atoms with E-state index >= 15 is 0 Å². The molecular formula is C20H26O4. The van der Waals surface area contributed by atoms with Crippen LogP contribution in [0.25, 0.3) is 0 Å². The molecule has 10 atom stereocenters. The van der Waals surface area contributed by atoms with Crippen molar-refractivity contribution in [1.82, 2.24) is 0 Å². The summed E-state index contributed by atoms with van der Waals surface area (Å²) in [5.41, 5.74) is -0.0918. The first kappa shape index (κ1) is 15.2. The van der Waals surface area contributed by atoms with Gasteiger partial charge < -0.3 is 15.3 Å². The van der Waals surface area contributed by atoms with Crippen LogP contribution in [0.2, 0.25) is 0 Å². The number of carboxylic acid groups (broad SMARTS) is 1. The lowest BCUT2D eigenvalue weighted by atomic mass is 9.63. The third-order valence-electron chi connectivity index (χ3n) is 8.59. The molecule has 4 nitrogen and oxygen atoms in total. The van der Waals surface area contributed by atoms with Gasteiger partial charge in [0.2, 0.25) is 0 Å². The van der Waals surface area contributed by atoms with Gasteiger partial charge >= 0.3 is 5.97 Å². The summed E-state index contributed by atoms with van der Waals surface area (Å²) in [5, 5.41) is 31.3. The van der Waals surface area contributed by atoms with Gasteiger partial charge in [0.1, 0.15) is 5.60 Å². The quantitative estimate of drug-likeness (QED) is 0.644. The summed E-state index contributed by atoms with van der Waals surface area (Å²) in [7, 11) is 0. The second-order valence-electron chi connectivity index (χ2n) is 9.16. The van der Waals surface area contributed by atoms with Crippen molar-refractivity contribution in [1.29, 1.82) is 0 Å². The Hall–Kier alpha value is -1.13. The van der Waals surface area contributed by atoms with Crippen LogP contribution in [0.1, 0.15) is 32.6 Å². The van der Waals surface area contributed by atoms with Crippen LogP contribution in [0.4, 0.5) is 0 Å². The Labute approximate surface area is 142 Å². The molecule has 5 aliphatic carbocycles. The Bertz CT molecular complexity index is 669. The van der Waals surface area contributed by atoms with Crippen molar-refractivity contribution < 1.29 is 20.1 Å². The molecule has 0 aromatic carbocycles. The molecule has 0 aromatic rings. The Morgan fingerprint density at radius 2 is 2.08 bits per heavy atom. The normalized spacial score (nSPS) is 60.2. The maximum Gasteiger partial charge on any atom is 0.307 e. The predicted molar refractivity (Wildman–Crippen MR) is 87.9 cm³/mol. The molecule has 3 N–H and O–H groups in total. The first-order valence-electron chi connectivity index (χ1n) is 9.31. The summed E-state index contributed by atoms with van der Waals surface area (Å²) in [4.78, 5) is 12.4. The number of hydrogen-bond donors (Lipinski definition) is 3. The maximum atomic E-state index is 12.4. The minimum Gasteiger partial charge on any atom is -0.481 e. The monoisotopic (exact) mass is 330 g/mol. The highest BCUT2D eigenvalue weighted by molar-refractivity contribution is 5.73. The molecule has 0 radical (unpaired) electrons. The van der Waals surface area contributed by atoms with E-state index in [0.717, 1.165) is 25.7 Å². The lowest BCUT2D eigenvalue weighted by Gasteiger charge is -2.40. The van der Waals surface area contributed by atoms with Gasteiger partial charge in [-0.2, -0.15) is 0 Å². The highest BCUT2D eigenvalue weighted by Gasteiger charge is 2.74. The van der Waals surface area contributed by atoms with E-state index in [2.05, 4.69) is 12.7 Å². The van der Waals surface area contributed by atoms with Crippen molar-refractivity contribution in [3.05, 3.63) is 24.3 Å². The Balaban J connectivity index is 1.65. The third kappa shape index (κ3) is 1.47. The van der Waals surface area contributed by atoms with Gasteiger partial charge in [0.25, 0.3) is 0 Å². The van der Waals surface area contributed by atoms with E-state index in [1.807, 2.05) is 13.0 Å². The largest absolute Gasteiger partial charge is 0.481 e. The molecule has 2 bridgehead atoms. The first-order chi connectivity index (χ1) is 11.3. The Kier molecular flexibility index (Phi) is 2.74. The SMILES string of the molecule is C=C1CC23CC1CCC2C1C=CC2C(O)C2(O)C(C)C1C3C(=O)O. The van der Waals surface area contributed by atoms with Crippen LogP contribution in [-0.4, -0.2) is 33.0 Å². The number of aliphatic carboxylic acids is 1. The fourth-order valence-electron chi connectivity index (χ4n) is 7.50. The number of hydrogen-bond acceptors (Lipinski definition) is 3. The van der Waals surface area contributed by atoms with Crippen LogP contribution in [0.5, 0.6) is 0 Å². The van der Waals surface area contributed by atoms with Crippen LogP contribution in [0.15, 0.2) is 24.3 Å². The Morgan fingerprint density at radius 3 is 2.79 bits per heavy atom. The van der Waals surface area contributed by atoms with E-state index < -0.39 is 23.6 Å². The number of allylic oxidation sites excluding steroid dienone is 2. The molecule has 1 spiro atoms. The molecule has 0 aliphatic heterocycles. The van der Waals surface area contributed by atoms with Crippen molar-refractivity contribution in [3.8, 4) is 0 Å². The smallest absolute Gasteiger partial charge is 0.307 e. The van der Waals surface area contributed by atoms with Gasteiger partial charge in [0.15, 0.2) is 0 Å². The van der Waals surface area contributed by atoms with Crippen LogP contribution in [0.3, 0.4) is 0 Å². The van der Waals surface area contributed by atoms with Crippen molar-refractivity contribution in [3.63, 3.8) is 0 Å². The summed E-state index contributed by atoms with van der Waals surface area (Å²) >= 11 is 0. The summed E-state index contributed by atoms with van der Waals surface area (Å²) in [5.74, 6) is -0.630. The predicted octanol–water partition coefficient (Wildman–Crippen LogP) is 2.22. The van der Waals surface area contributed by atoms with E-state index in [-0.39, 0.29) is 29.1 Å². The van der Waals surface area contributed by atoms with E-state index in [0.29, 0.717) is 11.8 Å². The molecule has 0 amide bonds. The zero-order valence-corrected chi connectivity index (χ0v) is 14.1. The topological polar surface area (TPSA) is 77.8 Å². The zero-order chi connectivity index (χ0) is 17.0. The van der Waals surface area contributed by atoms with E-state index in [1.165, 1.54) is 5.57 Å². The number of aliphatic hydroxyl groups is 2. The van der Waals surface area contributed by atoms with Crippen molar-refractivity contribution >= 4 is 5.97 Å². The second-order valence-corrected chi connectivity index (χ2v) is 9.16. The highest BCUT2D eigenvalue weighted by Crippen LogP contribution is 2.72. The summed E-state index contributed by atoms with van der Waals surface area (Å²) < 4.78 is 0. The van der Waals surface area contributed by atoms with Crippen LogP contribution in [-0.2, 0) is 4.79 Å². The standard InChI is InChI=1S/C20H26O4/c1-9-7-19-8-11(9)3-5-13(19)12-4-6-14-17(21)20(14,24)10(2)15(12)16(19)18(22)23/h4,6,10-17,21,24H,1,3,5,7-8H2,2H3,(H,22,23). The van der Waals surface area contributed by atoms with Gasteiger partial charge in [-0.3, -0.25) is 4.79 Å². The maximum absolute atomic E-state index is 12.4. The van der Waals surface area contributed by atoms with Crippen molar-refractivity contribution in [2.24, 2.45) is 46.8 Å². The fourth-order valence-corrected chi connectivity index (χ4v) is 7.50. The van der Waals surface area contributed by atoms with Crippen molar-refractivity contribution in [2.45, 2.75) is 44.3 Å². The fraction of sp³-hybridized carbons (Fsp3) is 0.750. The van der Waals surface area contributed by atoms with Crippen molar-refractivity contribution in [2.75, 3.05) is 0 Å². The molecule has 4 saturated carbocycles. The molecule has 10 unspecified atom stereocenters. The van der Waals surface area contributed by atoms with Gasteiger partial charge in [-0.05, 0) is 60.7 Å². The van der Waals surface area contributed by atoms with E-state index in [9.17, 15) is 20.1 Å². The number of rotatable bonds is 1. The average molecular weight is 330 g/mol. The van der Waals surface area contributed by atoms with Gasteiger partial charge in [0, 0.05) is 5.92 Å². The summed E-state index contributed by atoms with van der Waals surface area (Å²) in [6, 6.07) is 0. The average Bonchev–Trinajstić information content (AvgIpc) is 2.85. The molecule has 24 heavy (non-hydrogen) atoms. The van der Waals surface area contributed by atoms with E-state index in [1.54, 1.807) is 0 Å². The van der Waals surface area contributed by atoms with Gasteiger partial charge in [-0.15, -0.1) is 0 Å². The lowest BCUT2D eigenvalue weighted by Crippen LogP contribution is -2.42. The van der Waals surface area contributed by atoms with Gasteiger partial charge in [0.05, 0.1) is 12.0 Å². The van der Waals surface area contributed by atoms with Gasteiger partial charge in [-0.25, -0.2) is 0 Å². The molecule has 5 rings (SSSR count). The first-order valence-corrected chi connectivity index (χ1v) is 9.31. The number of carbonyl (C=O) groups is 1. The van der Waals surface area contributed by atoms with Crippen LogP contribution in [0, 0.1) is 46.8 Å². The molecule has 0 aromatic heterocycles. The number of carboxylic acids is 1. The zero-order valence-electron chi connectivity index (χ0n) is 14.1. The summed E-state index contributed by atoms with van der Waals surface area (Å²) in [6.45, 7) is 6.21. The third-order valence-corrected chi connectivity index (χ3v) is 8.59. The molecular weight excluding hydrogens is 304 g/mol. The highest BCUT2D eigenvalue weighted by atomic mass is 16.4. The number of fused-ring (bicyclic) bond motifs is 4. The van der Waals surface area contributed by atoms with Crippen LogP contribution < -0.4 is 0 Å². The molecule has 4 heteroatoms. The molecule has 0 saturated heterocycles. The lowest BCUT2D eigenvalue weighted by molar-refractivity contribution is -0.150. The molecule has 130 valence electrons.